The van der Waals surface area contributed by atoms with Crippen molar-refractivity contribution < 1.29 is 23.1 Å². The van der Waals surface area contributed by atoms with Crippen LogP contribution in [0.3, 0.4) is 0 Å². The molecule has 2 amide bonds. The molecule has 29 heavy (non-hydrogen) atoms. The molecule has 0 unspecified atom stereocenters. The van der Waals surface area contributed by atoms with Gasteiger partial charge in [-0.1, -0.05) is 30.3 Å². The van der Waals surface area contributed by atoms with E-state index in [4.69, 9.17) is 4.74 Å². The van der Waals surface area contributed by atoms with Gasteiger partial charge in [0.15, 0.2) is 6.61 Å². The first-order chi connectivity index (χ1) is 13.9. The number of rotatable bonds is 6. The summed E-state index contributed by atoms with van der Waals surface area (Å²) >= 11 is 0. The number of para-hydroxylation sites is 2. The van der Waals surface area contributed by atoms with E-state index in [0.717, 1.165) is 5.56 Å². The lowest BCUT2D eigenvalue weighted by Crippen LogP contribution is -2.22. The Bertz CT molecular complexity index is 1050. The first kappa shape index (κ1) is 20.0. The average Bonchev–Trinajstić information content (AvgIpc) is 2.70. The fourth-order valence-electron chi connectivity index (χ4n) is 2.58. The second-order valence-corrected chi connectivity index (χ2v) is 6.25. The first-order valence-electron chi connectivity index (χ1n) is 8.78. The van der Waals surface area contributed by atoms with Crippen LogP contribution in [-0.2, 0) is 4.79 Å². The highest BCUT2D eigenvalue weighted by Crippen LogP contribution is 2.22. The topological polar surface area (TPSA) is 67.4 Å². The van der Waals surface area contributed by atoms with E-state index in [9.17, 15) is 18.4 Å². The van der Waals surface area contributed by atoms with Crippen LogP contribution in [-0.4, -0.2) is 18.4 Å². The number of carbonyl (C=O) groups excluding carboxylic acids is 2. The van der Waals surface area contributed by atoms with Crippen molar-refractivity contribution in [2.45, 2.75) is 6.92 Å². The van der Waals surface area contributed by atoms with Crippen LogP contribution in [0.25, 0.3) is 0 Å². The van der Waals surface area contributed by atoms with Gasteiger partial charge >= 0.3 is 0 Å². The second kappa shape index (κ2) is 8.97. The lowest BCUT2D eigenvalue weighted by Gasteiger charge is -2.12. The maximum Gasteiger partial charge on any atom is 0.262 e. The molecule has 5 nitrogen and oxygen atoms in total. The summed E-state index contributed by atoms with van der Waals surface area (Å²) in [5, 5.41) is 4.88. The van der Waals surface area contributed by atoms with E-state index in [1.54, 1.807) is 31.2 Å². The van der Waals surface area contributed by atoms with Crippen LogP contribution in [0.2, 0.25) is 0 Å². The monoisotopic (exact) mass is 396 g/mol. The molecule has 0 fully saturated rings. The number of amides is 2. The van der Waals surface area contributed by atoms with Crippen molar-refractivity contribution in [3.63, 3.8) is 0 Å². The van der Waals surface area contributed by atoms with Crippen LogP contribution in [0.4, 0.5) is 20.2 Å². The van der Waals surface area contributed by atoms with Crippen molar-refractivity contribution in [1.29, 1.82) is 0 Å². The van der Waals surface area contributed by atoms with Crippen molar-refractivity contribution in [2.75, 3.05) is 17.2 Å². The molecular formula is C22H18F2N2O3. The van der Waals surface area contributed by atoms with Crippen molar-refractivity contribution in [3.8, 4) is 5.75 Å². The maximum atomic E-state index is 14.0. The molecule has 0 aliphatic heterocycles. The average molecular weight is 396 g/mol. The number of hydrogen-bond donors (Lipinski definition) is 2. The third-order valence-electron chi connectivity index (χ3n) is 4.01. The zero-order valence-corrected chi connectivity index (χ0v) is 15.5. The van der Waals surface area contributed by atoms with Crippen LogP contribution in [0.15, 0.2) is 66.7 Å². The van der Waals surface area contributed by atoms with E-state index < -0.39 is 30.1 Å². The lowest BCUT2D eigenvalue weighted by atomic mass is 10.1. The van der Waals surface area contributed by atoms with Gasteiger partial charge in [-0.15, -0.1) is 0 Å². The van der Waals surface area contributed by atoms with Gasteiger partial charge in [-0.3, -0.25) is 9.59 Å². The first-order valence-corrected chi connectivity index (χ1v) is 8.78. The predicted octanol–water partition coefficient (Wildman–Crippen LogP) is 4.54. The summed E-state index contributed by atoms with van der Waals surface area (Å²) < 4.78 is 33.0. The Hall–Kier alpha value is -3.74. The maximum absolute atomic E-state index is 14.0. The largest absolute Gasteiger partial charge is 0.483 e. The molecule has 3 aromatic rings. The minimum atomic E-state index is -0.588. The molecule has 0 saturated heterocycles. The smallest absolute Gasteiger partial charge is 0.262 e. The van der Waals surface area contributed by atoms with Crippen molar-refractivity contribution in [1.82, 2.24) is 0 Å². The summed E-state index contributed by atoms with van der Waals surface area (Å²) in [6, 6.07) is 16.4. The minimum Gasteiger partial charge on any atom is -0.483 e. The Kier molecular flexibility index (Phi) is 6.19. The third kappa shape index (κ3) is 5.16. The van der Waals surface area contributed by atoms with Crippen molar-refractivity contribution in [3.05, 3.63) is 89.5 Å². The molecule has 2 N–H and O–H groups in total. The van der Waals surface area contributed by atoms with E-state index in [0.29, 0.717) is 0 Å². The molecule has 0 spiro atoms. The highest BCUT2D eigenvalue weighted by Gasteiger charge is 2.15. The van der Waals surface area contributed by atoms with Crippen molar-refractivity contribution in [2.24, 2.45) is 0 Å². The number of aryl methyl sites for hydroxylation is 1. The molecule has 3 aromatic carbocycles. The van der Waals surface area contributed by atoms with E-state index in [2.05, 4.69) is 10.6 Å². The van der Waals surface area contributed by atoms with Gasteiger partial charge in [0, 0.05) is 0 Å². The minimum absolute atomic E-state index is 0.0296. The molecule has 0 radical (unpaired) electrons. The highest BCUT2D eigenvalue weighted by molar-refractivity contribution is 6.06. The van der Waals surface area contributed by atoms with Gasteiger partial charge < -0.3 is 15.4 Å². The number of hydrogen-bond acceptors (Lipinski definition) is 3. The van der Waals surface area contributed by atoms with Gasteiger partial charge in [0.05, 0.1) is 16.9 Å². The van der Waals surface area contributed by atoms with Crippen LogP contribution in [0.1, 0.15) is 15.9 Å². The summed E-state index contributed by atoms with van der Waals surface area (Å²) in [5.41, 5.74) is 0.922. The molecule has 0 saturated carbocycles. The molecular weight excluding hydrogens is 378 g/mol. The lowest BCUT2D eigenvalue weighted by molar-refractivity contribution is -0.118. The fraction of sp³-hybridized carbons (Fsp3) is 0.0909. The molecule has 3 rings (SSSR count). The van der Waals surface area contributed by atoms with Gasteiger partial charge in [0.2, 0.25) is 0 Å². The van der Waals surface area contributed by atoms with Gasteiger partial charge in [0.1, 0.15) is 17.4 Å². The molecule has 7 heteroatoms. The SMILES string of the molecule is Cc1ccc(NC(=O)c2ccccc2OCC(=O)Nc2ccccc2F)c(F)c1. The predicted molar refractivity (Wildman–Crippen MR) is 106 cm³/mol. The van der Waals surface area contributed by atoms with Gasteiger partial charge in [-0.2, -0.15) is 0 Å². The highest BCUT2D eigenvalue weighted by atomic mass is 19.1. The summed E-state index contributed by atoms with van der Waals surface area (Å²) in [4.78, 5) is 24.6. The van der Waals surface area contributed by atoms with Gasteiger partial charge in [0.25, 0.3) is 11.8 Å². The van der Waals surface area contributed by atoms with Crippen LogP contribution >= 0.6 is 0 Å². The van der Waals surface area contributed by atoms with Crippen LogP contribution in [0.5, 0.6) is 5.75 Å². The van der Waals surface area contributed by atoms with E-state index in [1.807, 2.05) is 0 Å². The zero-order chi connectivity index (χ0) is 20.8. The Morgan fingerprint density at radius 2 is 1.55 bits per heavy atom. The fourth-order valence-corrected chi connectivity index (χ4v) is 2.58. The summed E-state index contributed by atoms with van der Waals surface area (Å²) in [6.07, 6.45) is 0. The standard InChI is InChI=1S/C22H18F2N2O3/c1-14-10-11-19(17(24)12-14)26-22(28)15-6-2-5-9-20(15)29-13-21(27)25-18-8-4-3-7-16(18)23/h2-12H,13H2,1H3,(H,25,27)(H,26,28). The van der Waals surface area contributed by atoms with E-state index >= 15 is 0 Å². The Morgan fingerprint density at radius 3 is 2.31 bits per heavy atom. The Labute approximate surface area is 166 Å². The molecule has 0 heterocycles. The number of ether oxygens (including phenoxy) is 1. The molecule has 0 aliphatic carbocycles. The molecule has 0 aliphatic rings. The quantitative estimate of drug-likeness (QED) is 0.643. The Balaban J connectivity index is 1.67. The summed E-state index contributed by atoms with van der Waals surface area (Å²) in [6.45, 7) is 1.31. The van der Waals surface area contributed by atoms with Gasteiger partial charge in [-0.25, -0.2) is 8.78 Å². The zero-order valence-electron chi connectivity index (χ0n) is 15.5. The van der Waals surface area contributed by atoms with Crippen LogP contribution < -0.4 is 15.4 Å². The number of carbonyl (C=O) groups is 2. The molecule has 148 valence electrons. The third-order valence-corrected chi connectivity index (χ3v) is 4.01. The van der Waals surface area contributed by atoms with Crippen LogP contribution in [0, 0.1) is 18.6 Å². The normalized spacial score (nSPS) is 10.3. The molecule has 0 bridgehead atoms. The van der Waals surface area contributed by atoms with Gasteiger partial charge in [-0.05, 0) is 48.9 Å². The number of anilines is 2. The number of halogens is 2. The molecule has 0 atom stereocenters. The summed E-state index contributed by atoms with van der Waals surface area (Å²) in [5.74, 6) is -2.16. The second-order valence-electron chi connectivity index (χ2n) is 6.25. The molecule has 0 aromatic heterocycles. The summed E-state index contributed by atoms with van der Waals surface area (Å²) in [7, 11) is 0. The van der Waals surface area contributed by atoms with E-state index in [1.165, 1.54) is 42.5 Å². The number of nitrogens with one attached hydrogen (secondary N) is 2. The van der Waals surface area contributed by atoms with Crippen molar-refractivity contribution >= 4 is 23.2 Å². The Morgan fingerprint density at radius 1 is 0.862 bits per heavy atom. The number of benzene rings is 3. The van der Waals surface area contributed by atoms with E-state index in [-0.39, 0.29) is 22.7 Å².